The van der Waals surface area contributed by atoms with Gasteiger partial charge in [-0.15, -0.1) is 0 Å². The second-order valence-corrected chi connectivity index (χ2v) is 3.36. The van der Waals surface area contributed by atoms with Gasteiger partial charge in [-0.2, -0.15) is 0 Å². The van der Waals surface area contributed by atoms with Crippen LogP contribution in [0.2, 0.25) is 0 Å². The summed E-state index contributed by atoms with van der Waals surface area (Å²) in [5.41, 5.74) is 0. The van der Waals surface area contributed by atoms with Crippen LogP contribution in [0.25, 0.3) is 6.20 Å². The maximum absolute atomic E-state index is 11.2. The summed E-state index contributed by atoms with van der Waals surface area (Å²) in [6.45, 7) is 0.191. The minimum atomic E-state index is -0.278. The Hall–Kier alpha value is -2.10. The zero-order valence-corrected chi connectivity index (χ0v) is 8.96. The van der Waals surface area contributed by atoms with Gasteiger partial charge >= 0.3 is 5.97 Å². The molecule has 1 aliphatic rings. The fourth-order valence-electron chi connectivity index (χ4n) is 1.45. The number of nitrogens with zero attached hydrogens (tertiary/aromatic N) is 2. The molecule has 1 aromatic rings. The first-order chi connectivity index (χ1) is 7.79. The number of para-hydroxylation sites is 1. The Balaban J connectivity index is 2.33. The summed E-state index contributed by atoms with van der Waals surface area (Å²) >= 11 is 0. The van der Waals surface area contributed by atoms with Gasteiger partial charge in [0.1, 0.15) is 6.54 Å². The molecule has 0 atom stereocenters. The zero-order chi connectivity index (χ0) is 11.4. The van der Waals surface area contributed by atoms with Crippen LogP contribution in [-0.2, 0) is 9.53 Å². The Labute approximate surface area is 93.2 Å². The predicted octanol–water partition coefficient (Wildman–Crippen LogP) is 0.00400. The SMILES string of the molecule is COC(=O)CN1C=CN=c2ccccc2=C1. The van der Waals surface area contributed by atoms with E-state index in [1.54, 1.807) is 17.3 Å². The van der Waals surface area contributed by atoms with E-state index in [1.165, 1.54) is 7.11 Å². The highest BCUT2D eigenvalue weighted by Gasteiger charge is 2.05. The third-order valence-electron chi connectivity index (χ3n) is 2.25. The van der Waals surface area contributed by atoms with E-state index in [4.69, 9.17) is 0 Å². The van der Waals surface area contributed by atoms with E-state index >= 15 is 0 Å². The molecule has 82 valence electrons. The van der Waals surface area contributed by atoms with Gasteiger partial charge in [-0.3, -0.25) is 9.79 Å². The summed E-state index contributed by atoms with van der Waals surface area (Å²) in [6.07, 6.45) is 5.29. The lowest BCUT2D eigenvalue weighted by molar-refractivity contribution is -0.140. The molecule has 0 amide bonds. The van der Waals surface area contributed by atoms with Crippen molar-refractivity contribution in [2.45, 2.75) is 0 Å². The summed E-state index contributed by atoms with van der Waals surface area (Å²) in [7, 11) is 1.38. The van der Waals surface area contributed by atoms with E-state index in [2.05, 4.69) is 9.73 Å². The molecule has 0 radical (unpaired) electrons. The van der Waals surface area contributed by atoms with Gasteiger partial charge < -0.3 is 9.64 Å². The number of carbonyl (C=O) groups is 1. The van der Waals surface area contributed by atoms with Crippen LogP contribution in [0, 0.1) is 0 Å². The summed E-state index contributed by atoms with van der Waals surface area (Å²) in [4.78, 5) is 17.2. The fourth-order valence-corrected chi connectivity index (χ4v) is 1.45. The number of benzene rings is 1. The number of carbonyl (C=O) groups excluding carboxylic acids is 1. The van der Waals surface area contributed by atoms with Gasteiger partial charge in [-0.1, -0.05) is 18.2 Å². The number of esters is 1. The smallest absolute Gasteiger partial charge is 0.325 e. The van der Waals surface area contributed by atoms with Crippen LogP contribution in [0.5, 0.6) is 0 Å². The van der Waals surface area contributed by atoms with Crippen molar-refractivity contribution in [1.29, 1.82) is 0 Å². The Morgan fingerprint density at radius 3 is 3.06 bits per heavy atom. The molecule has 0 bridgehead atoms. The molecule has 1 aromatic carbocycles. The molecule has 1 aliphatic heterocycles. The minimum Gasteiger partial charge on any atom is -0.468 e. The maximum atomic E-state index is 11.2. The molecule has 0 aromatic heterocycles. The van der Waals surface area contributed by atoms with Crippen LogP contribution in [0.15, 0.2) is 41.7 Å². The van der Waals surface area contributed by atoms with E-state index in [0.717, 1.165) is 10.6 Å². The van der Waals surface area contributed by atoms with E-state index in [-0.39, 0.29) is 12.5 Å². The number of rotatable bonds is 2. The van der Waals surface area contributed by atoms with E-state index < -0.39 is 0 Å². The highest BCUT2D eigenvalue weighted by atomic mass is 16.5. The first-order valence-corrected chi connectivity index (χ1v) is 4.93. The summed E-state index contributed by atoms with van der Waals surface area (Å²) in [5.74, 6) is -0.278. The molecule has 0 fully saturated rings. The standard InChI is InChI=1S/C12H12N2O2/c1-16-12(15)9-14-7-6-13-11-5-3-2-4-10(11)8-14/h2-8H,9H2,1H3. The van der Waals surface area contributed by atoms with Gasteiger partial charge in [0.05, 0.1) is 12.5 Å². The highest BCUT2D eigenvalue weighted by molar-refractivity contribution is 5.72. The number of fused-ring (bicyclic) bond motifs is 1. The normalized spacial score (nSPS) is 13.2. The highest BCUT2D eigenvalue weighted by Crippen LogP contribution is 1.94. The summed E-state index contributed by atoms with van der Waals surface area (Å²) in [6, 6.07) is 7.75. The largest absolute Gasteiger partial charge is 0.468 e. The first-order valence-electron chi connectivity index (χ1n) is 4.93. The molecule has 0 saturated carbocycles. The van der Waals surface area contributed by atoms with Gasteiger partial charge in [0.2, 0.25) is 0 Å². The minimum absolute atomic E-state index is 0.191. The van der Waals surface area contributed by atoms with Crippen LogP contribution >= 0.6 is 0 Å². The van der Waals surface area contributed by atoms with Crippen LogP contribution in [0.1, 0.15) is 0 Å². The van der Waals surface area contributed by atoms with E-state index in [9.17, 15) is 4.79 Å². The molecule has 2 rings (SSSR count). The van der Waals surface area contributed by atoms with Crippen LogP contribution in [-0.4, -0.2) is 24.5 Å². The van der Waals surface area contributed by atoms with E-state index in [0.29, 0.717) is 0 Å². The van der Waals surface area contributed by atoms with Crippen molar-refractivity contribution < 1.29 is 9.53 Å². The lowest BCUT2D eigenvalue weighted by Gasteiger charge is -2.11. The molecule has 4 nitrogen and oxygen atoms in total. The number of methoxy groups -OCH3 is 1. The monoisotopic (exact) mass is 216 g/mol. The molecule has 0 saturated heterocycles. The molecular formula is C12H12N2O2. The van der Waals surface area contributed by atoms with Crippen molar-refractivity contribution in [2.24, 2.45) is 4.99 Å². The third kappa shape index (κ3) is 2.28. The van der Waals surface area contributed by atoms with Crippen molar-refractivity contribution in [3.8, 4) is 0 Å². The maximum Gasteiger partial charge on any atom is 0.325 e. The van der Waals surface area contributed by atoms with Crippen molar-refractivity contribution in [1.82, 2.24) is 4.90 Å². The second-order valence-electron chi connectivity index (χ2n) is 3.36. The summed E-state index contributed by atoms with van der Waals surface area (Å²) in [5, 5.41) is 1.88. The average molecular weight is 216 g/mol. The topological polar surface area (TPSA) is 41.9 Å². The van der Waals surface area contributed by atoms with Crippen molar-refractivity contribution in [3.63, 3.8) is 0 Å². The molecule has 4 heteroatoms. The van der Waals surface area contributed by atoms with Crippen molar-refractivity contribution in [3.05, 3.63) is 47.2 Å². The molecule has 0 aliphatic carbocycles. The first kappa shape index (κ1) is 10.4. The van der Waals surface area contributed by atoms with Crippen molar-refractivity contribution in [2.75, 3.05) is 13.7 Å². The quantitative estimate of drug-likeness (QED) is 0.654. The molecule has 0 unspecified atom stereocenters. The number of hydrogen-bond donors (Lipinski definition) is 0. The lowest BCUT2D eigenvalue weighted by atomic mass is 10.3. The van der Waals surface area contributed by atoms with Crippen molar-refractivity contribution >= 4 is 12.2 Å². The van der Waals surface area contributed by atoms with Gasteiger partial charge in [0.15, 0.2) is 0 Å². The van der Waals surface area contributed by atoms with Crippen LogP contribution < -0.4 is 10.6 Å². The van der Waals surface area contributed by atoms with Gasteiger partial charge in [0, 0.05) is 23.8 Å². The molecular weight excluding hydrogens is 204 g/mol. The van der Waals surface area contributed by atoms with Gasteiger partial charge in [-0.25, -0.2) is 0 Å². The molecule has 1 heterocycles. The van der Waals surface area contributed by atoms with Crippen LogP contribution in [0.3, 0.4) is 0 Å². The Bertz CT molecular complexity index is 534. The zero-order valence-electron chi connectivity index (χ0n) is 8.96. The molecule has 0 spiro atoms. The lowest BCUT2D eigenvalue weighted by Crippen LogP contribution is -2.28. The molecule has 0 N–H and O–H groups in total. The molecule has 16 heavy (non-hydrogen) atoms. The number of hydrogen-bond acceptors (Lipinski definition) is 4. The summed E-state index contributed by atoms with van der Waals surface area (Å²) < 4.78 is 4.62. The van der Waals surface area contributed by atoms with Crippen LogP contribution in [0.4, 0.5) is 0 Å². The average Bonchev–Trinajstić information content (AvgIpc) is 2.50. The van der Waals surface area contributed by atoms with E-state index in [1.807, 2.05) is 30.5 Å². The second kappa shape index (κ2) is 4.61. The third-order valence-corrected chi connectivity index (χ3v) is 2.25. The van der Waals surface area contributed by atoms with Gasteiger partial charge in [0.25, 0.3) is 0 Å². The van der Waals surface area contributed by atoms with Gasteiger partial charge in [-0.05, 0) is 6.07 Å². The Morgan fingerprint density at radius 2 is 2.25 bits per heavy atom. The Morgan fingerprint density at radius 1 is 1.44 bits per heavy atom. The fraction of sp³-hybridized carbons (Fsp3) is 0.167. The Kier molecular flexibility index (Phi) is 3.00. The predicted molar refractivity (Wildman–Crippen MR) is 59.6 cm³/mol. The number of ether oxygens (including phenoxy) is 1.